The zero-order valence-electron chi connectivity index (χ0n) is 14.6. The molecule has 1 aliphatic heterocycles. The summed E-state index contributed by atoms with van der Waals surface area (Å²) in [5.74, 6) is 0.827. The molecule has 0 atom stereocenters. The minimum atomic E-state index is -0.0125. The summed E-state index contributed by atoms with van der Waals surface area (Å²) < 4.78 is 5.38. The Bertz CT molecular complexity index is 700. The van der Waals surface area contributed by atoms with Crippen molar-refractivity contribution in [2.45, 2.75) is 45.6 Å². The molecule has 5 heteroatoms. The molecule has 128 valence electrons. The molecule has 2 aromatic rings. The van der Waals surface area contributed by atoms with Crippen LogP contribution in [0.1, 0.15) is 54.4 Å². The highest BCUT2D eigenvalue weighted by molar-refractivity contribution is 5.93. The molecule has 24 heavy (non-hydrogen) atoms. The highest BCUT2D eigenvalue weighted by Gasteiger charge is 2.28. The molecule has 0 radical (unpaired) electrons. The standard InChI is InChI=1S/C19H25N3O2/c1-13(2)18-17(20-12-24-18)19(23)22-9-7-15(8-10-22)21-16-6-4-5-14(3)11-16/h4-6,11-13,15,21H,7-10H2,1-3H3. The summed E-state index contributed by atoms with van der Waals surface area (Å²) in [5, 5.41) is 3.57. The SMILES string of the molecule is Cc1cccc(NC2CCN(C(=O)c3ncoc3C(C)C)CC2)c1. The van der Waals surface area contributed by atoms with Crippen molar-refractivity contribution >= 4 is 11.6 Å². The van der Waals surface area contributed by atoms with Gasteiger partial charge in [-0.3, -0.25) is 4.79 Å². The van der Waals surface area contributed by atoms with Crippen LogP contribution in [0.3, 0.4) is 0 Å². The van der Waals surface area contributed by atoms with Gasteiger partial charge in [0.15, 0.2) is 12.1 Å². The third-order valence-electron chi connectivity index (χ3n) is 4.49. The van der Waals surface area contributed by atoms with E-state index in [-0.39, 0.29) is 11.8 Å². The zero-order valence-corrected chi connectivity index (χ0v) is 14.6. The first kappa shape index (κ1) is 16.6. The maximum Gasteiger partial charge on any atom is 0.276 e. The summed E-state index contributed by atoms with van der Waals surface area (Å²) in [6, 6.07) is 8.81. The van der Waals surface area contributed by atoms with Crippen molar-refractivity contribution in [3.63, 3.8) is 0 Å². The van der Waals surface area contributed by atoms with E-state index in [0.717, 1.165) is 31.6 Å². The summed E-state index contributed by atoms with van der Waals surface area (Å²) in [6.07, 6.45) is 3.25. The molecule has 1 saturated heterocycles. The van der Waals surface area contributed by atoms with E-state index in [1.807, 2.05) is 18.7 Å². The third kappa shape index (κ3) is 3.61. The lowest BCUT2D eigenvalue weighted by molar-refractivity contribution is 0.0710. The predicted octanol–water partition coefficient (Wildman–Crippen LogP) is 3.82. The van der Waals surface area contributed by atoms with Gasteiger partial charge in [-0.25, -0.2) is 4.98 Å². The first-order valence-corrected chi connectivity index (χ1v) is 8.60. The van der Waals surface area contributed by atoms with Gasteiger partial charge in [-0.1, -0.05) is 26.0 Å². The maximum atomic E-state index is 12.7. The van der Waals surface area contributed by atoms with Crippen molar-refractivity contribution in [3.8, 4) is 0 Å². The number of anilines is 1. The number of rotatable bonds is 4. The second-order valence-corrected chi connectivity index (χ2v) is 6.80. The Hall–Kier alpha value is -2.30. The number of piperidine rings is 1. The Morgan fingerprint density at radius 1 is 1.33 bits per heavy atom. The smallest absolute Gasteiger partial charge is 0.276 e. The van der Waals surface area contributed by atoms with Gasteiger partial charge in [-0.05, 0) is 37.5 Å². The molecule has 2 heterocycles. The van der Waals surface area contributed by atoms with E-state index in [2.05, 4.69) is 41.5 Å². The summed E-state index contributed by atoms with van der Waals surface area (Å²) in [4.78, 5) is 18.7. The first-order chi connectivity index (χ1) is 11.5. The number of nitrogens with one attached hydrogen (secondary N) is 1. The third-order valence-corrected chi connectivity index (χ3v) is 4.49. The van der Waals surface area contributed by atoms with E-state index in [1.54, 1.807) is 0 Å². The van der Waals surface area contributed by atoms with Crippen LogP contribution < -0.4 is 5.32 Å². The molecule has 3 rings (SSSR count). The lowest BCUT2D eigenvalue weighted by Crippen LogP contribution is -2.42. The number of hydrogen-bond acceptors (Lipinski definition) is 4. The molecular weight excluding hydrogens is 302 g/mol. The van der Waals surface area contributed by atoms with Crippen molar-refractivity contribution < 1.29 is 9.21 Å². The number of hydrogen-bond donors (Lipinski definition) is 1. The first-order valence-electron chi connectivity index (χ1n) is 8.60. The number of nitrogens with zero attached hydrogens (tertiary/aromatic N) is 2. The summed E-state index contributed by atoms with van der Waals surface area (Å²) in [5.41, 5.74) is 2.87. The highest BCUT2D eigenvalue weighted by Crippen LogP contribution is 2.22. The minimum absolute atomic E-state index is 0.0125. The number of oxazole rings is 1. The largest absolute Gasteiger partial charge is 0.447 e. The zero-order chi connectivity index (χ0) is 17.1. The number of likely N-dealkylation sites (tertiary alicyclic amines) is 1. The van der Waals surface area contributed by atoms with Gasteiger partial charge in [0.25, 0.3) is 5.91 Å². The fourth-order valence-corrected chi connectivity index (χ4v) is 3.17. The van der Waals surface area contributed by atoms with Gasteiger partial charge in [0.1, 0.15) is 5.76 Å². The van der Waals surface area contributed by atoms with E-state index in [9.17, 15) is 4.79 Å². The van der Waals surface area contributed by atoms with Crippen LogP contribution >= 0.6 is 0 Å². The lowest BCUT2D eigenvalue weighted by Gasteiger charge is -2.32. The molecule has 5 nitrogen and oxygen atoms in total. The van der Waals surface area contributed by atoms with Gasteiger partial charge in [0.05, 0.1) is 0 Å². The molecular formula is C19H25N3O2. The van der Waals surface area contributed by atoms with E-state index < -0.39 is 0 Å². The van der Waals surface area contributed by atoms with Crippen LogP contribution in [0, 0.1) is 6.92 Å². The fourth-order valence-electron chi connectivity index (χ4n) is 3.17. The number of benzene rings is 1. The molecule has 1 aromatic heterocycles. The van der Waals surface area contributed by atoms with Crippen molar-refractivity contribution in [2.24, 2.45) is 0 Å². The van der Waals surface area contributed by atoms with Gasteiger partial charge in [0, 0.05) is 30.7 Å². The van der Waals surface area contributed by atoms with Crippen molar-refractivity contribution in [1.29, 1.82) is 0 Å². The second kappa shape index (κ2) is 7.07. The van der Waals surface area contributed by atoms with Crippen LogP contribution in [-0.2, 0) is 0 Å². The monoisotopic (exact) mass is 327 g/mol. The average Bonchev–Trinajstić information content (AvgIpc) is 3.05. The normalized spacial score (nSPS) is 15.8. The second-order valence-electron chi connectivity index (χ2n) is 6.80. The van der Waals surface area contributed by atoms with Crippen LogP contribution in [0.4, 0.5) is 5.69 Å². The quantitative estimate of drug-likeness (QED) is 0.927. The Labute approximate surface area is 143 Å². The van der Waals surface area contributed by atoms with Gasteiger partial charge in [-0.2, -0.15) is 0 Å². The van der Waals surface area contributed by atoms with E-state index >= 15 is 0 Å². The lowest BCUT2D eigenvalue weighted by atomic mass is 10.0. The minimum Gasteiger partial charge on any atom is -0.447 e. The number of aryl methyl sites for hydroxylation is 1. The van der Waals surface area contributed by atoms with Crippen molar-refractivity contribution in [1.82, 2.24) is 9.88 Å². The molecule has 0 aliphatic carbocycles. The molecule has 1 fully saturated rings. The number of carbonyl (C=O) groups excluding carboxylic acids is 1. The van der Waals surface area contributed by atoms with Crippen LogP contribution in [0.15, 0.2) is 35.1 Å². The molecule has 0 bridgehead atoms. The summed E-state index contributed by atoms with van der Waals surface area (Å²) in [6.45, 7) is 7.60. The van der Waals surface area contributed by atoms with Crippen LogP contribution in [0.25, 0.3) is 0 Å². The van der Waals surface area contributed by atoms with E-state index in [1.165, 1.54) is 12.0 Å². The Kier molecular flexibility index (Phi) is 4.88. The van der Waals surface area contributed by atoms with Crippen LogP contribution in [0.2, 0.25) is 0 Å². The Morgan fingerprint density at radius 2 is 2.08 bits per heavy atom. The average molecular weight is 327 g/mol. The molecule has 1 N–H and O–H groups in total. The van der Waals surface area contributed by atoms with Crippen molar-refractivity contribution in [3.05, 3.63) is 47.7 Å². The molecule has 1 aliphatic rings. The number of carbonyl (C=O) groups is 1. The molecule has 0 unspecified atom stereocenters. The van der Waals surface area contributed by atoms with Gasteiger partial charge in [-0.15, -0.1) is 0 Å². The topological polar surface area (TPSA) is 58.4 Å². The van der Waals surface area contributed by atoms with Crippen molar-refractivity contribution in [2.75, 3.05) is 18.4 Å². The van der Waals surface area contributed by atoms with Gasteiger partial charge < -0.3 is 14.6 Å². The molecule has 1 amide bonds. The van der Waals surface area contributed by atoms with Gasteiger partial charge in [0.2, 0.25) is 0 Å². The summed E-state index contributed by atoms with van der Waals surface area (Å²) >= 11 is 0. The Morgan fingerprint density at radius 3 is 2.75 bits per heavy atom. The fraction of sp³-hybridized carbons (Fsp3) is 0.474. The van der Waals surface area contributed by atoms with E-state index in [0.29, 0.717) is 17.5 Å². The predicted molar refractivity (Wildman–Crippen MR) is 94.3 cm³/mol. The van der Waals surface area contributed by atoms with E-state index in [4.69, 9.17) is 4.42 Å². The summed E-state index contributed by atoms with van der Waals surface area (Å²) in [7, 11) is 0. The Balaban J connectivity index is 1.58. The molecule has 0 saturated carbocycles. The number of aromatic nitrogens is 1. The number of amides is 1. The van der Waals surface area contributed by atoms with Crippen LogP contribution in [-0.4, -0.2) is 34.9 Å². The molecule has 0 spiro atoms. The maximum absolute atomic E-state index is 12.7. The van der Waals surface area contributed by atoms with Gasteiger partial charge >= 0.3 is 0 Å². The highest BCUT2D eigenvalue weighted by atomic mass is 16.3. The van der Waals surface area contributed by atoms with Crippen LogP contribution in [0.5, 0.6) is 0 Å². The molecule has 1 aromatic carbocycles.